The first-order chi connectivity index (χ1) is 12.1. The Morgan fingerprint density at radius 3 is 2.48 bits per heavy atom. The number of piperidine rings is 1. The van der Waals surface area contributed by atoms with Crippen molar-refractivity contribution in [2.45, 2.75) is 26.2 Å². The monoisotopic (exact) mass is 354 g/mol. The smallest absolute Gasteiger partial charge is 0.254 e. The maximum absolute atomic E-state index is 13.0. The van der Waals surface area contributed by atoms with Crippen LogP contribution in [0.4, 0.5) is 5.69 Å². The van der Waals surface area contributed by atoms with Crippen LogP contribution in [-0.2, 0) is 4.79 Å². The van der Waals surface area contributed by atoms with E-state index in [4.69, 9.17) is 0 Å². The fraction of sp³-hybridized carbons (Fsp3) is 0.400. The van der Waals surface area contributed by atoms with Crippen molar-refractivity contribution in [1.82, 2.24) is 4.90 Å². The average Bonchev–Trinajstić information content (AvgIpc) is 3.25. The van der Waals surface area contributed by atoms with E-state index in [1.54, 1.807) is 11.3 Å². The highest BCUT2D eigenvalue weighted by molar-refractivity contribution is 7.08. The van der Waals surface area contributed by atoms with Gasteiger partial charge in [-0.25, -0.2) is 0 Å². The first-order valence-corrected chi connectivity index (χ1v) is 9.74. The largest absolute Gasteiger partial charge is 0.339 e. The van der Waals surface area contributed by atoms with Gasteiger partial charge in [-0.3, -0.25) is 9.59 Å². The molecule has 0 saturated carbocycles. The Bertz CT molecular complexity index is 792. The van der Waals surface area contributed by atoms with Gasteiger partial charge < -0.3 is 9.80 Å². The number of carbonyl (C=O) groups excluding carboxylic acids is 2. The second-order valence-corrected chi connectivity index (χ2v) is 7.86. The van der Waals surface area contributed by atoms with Gasteiger partial charge in [-0.15, -0.1) is 0 Å². The Morgan fingerprint density at radius 2 is 1.80 bits per heavy atom. The van der Waals surface area contributed by atoms with Crippen LogP contribution in [0.3, 0.4) is 0 Å². The summed E-state index contributed by atoms with van der Waals surface area (Å²) >= 11 is 1.62. The number of hydrogen-bond donors (Lipinski definition) is 0. The predicted molar refractivity (Wildman–Crippen MR) is 100 cm³/mol. The van der Waals surface area contributed by atoms with Gasteiger partial charge in [0.1, 0.15) is 0 Å². The van der Waals surface area contributed by atoms with E-state index in [1.165, 1.54) is 0 Å². The number of nitrogens with zero attached hydrogens (tertiary/aromatic N) is 2. The first kappa shape index (κ1) is 16.3. The van der Waals surface area contributed by atoms with Crippen LogP contribution in [0.1, 0.15) is 35.2 Å². The van der Waals surface area contributed by atoms with Crippen LogP contribution in [0.2, 0.25) is 0 Å². The second kappa shape index (κ2) is 6.30. The molecule has 1 aromatic heterocycles. The van der Waals surface area contributed by atoms with Gasteiger partial charge in [0.05, 0.1) is 11.1 Å². The van der Waals surface area contributed by atoms with Crippen molar-refractivity contribution in [3.8, 4) is 0 Å². The van der Waals surface area contributed by atoms with Crippen molar-refractivity contribution in [3.05, 3.63) is 52.2 Å². The molecule has 3 heterocycles. The maximum atomic E-state index is 13.0. The molecule has 0 unspecified atom stereocenters. The fourth-order valence-corrected chi connectivity index (χ4v) is 4.70. The summed E-state index contributed by atoms with van der Waals surface area (Å²) in [5.41, 5.74) is 2.53. The highest BCUT2D eigenvalue weighted by atomic mass is 32.1. The number of thiophene rings is 1. The van der Waals surface area contributed by atoms with Crippen molar-refractivity contribution >= 4 is 28.8 Å². The van der Waals surface area contributed by atoms with E-state index in [9.17, 15) is 9.59 Å². The van der Waals surface area contributed by atoms with Crippen LogP contribution in [0.5, 0.6) is 0 Å². The Hall–Kier alpha value is -2.14. The molecule has 2 aliphatic heterocycles. The lowest BCUT2D eigenvalue weighted by atomic mass is 9.77. The van der Waals surface area contributed by atoms with Crippen LogP contribution < -0.4 is 4.90 Å². The van der Waals surface area contributed by atoms with Gasteiger partial charge in [0.2, 0.25) is 5.91 Å². The molecule has 0 atom stereocenters. The molecule has 1 spiro atoms. The minimum Gasteiger partial charge on any atom is -0.339 e. The van der Waals surface area contributed by atoms with Gasteiger partial charge in [0.25, 0.3) is 5.91 Å². The molecule has 2 aliphatic rings. The van der Waals surface area contributed by atoms with E-state index < -0.39 is 0 Å². The quantitative estimate of drug-likeness (QED) is 0.825. The number of rotatable bonds is 2. The van der Waals surface area contributed by atoms with E-state index in [-0.39, 0.29) is 17.2 Å². The first-order valence-electron chi connectivity index (χ1n) is 8.80. The van der Waals surface area contributed by atoms with E-state index in [0.717, 1.165) is 42.6 Å². The number of aryl methyl sites for hydroxylation is 1. The zero-order valence-electron chi connectivity index (χ0n) is 14.4. The molecule has 25 heavy (non-hydrogen) atoms. The van der Waals surface area contributed by atoms with Crippen LogP contribution in [0.25, 0.3) is 0 Å². The highest BCUT2D eigenvalue weighted by Gasteiger charge is 2.49. The molecule has 4 nitrogen and oxygen atoms in total. The van der Waals surface area contributed by atoms with Crippen molar-refractivity contribution in [2.24, 2.45) is 5.41 Å². The van der Waals surface area contributed by atoms with E-state index >= 15 is 0 Å². The summed E-state index contributed by atoms with van der Waals surface area (Å²) < 4.78 is 0. The topological polar surface area (TPSA) is 40.6 Å². The molecule has 130 valence electrons. The van der Waals surface area contributed by atoms with Crippen molar-refractivity contribution in [2.75, 3.05) is 24.5 Å². The van der Waals surface area contributed by atoms with Gasteiger partial charge in [-0.1, -0.05) is 18.2 Å². The Balaban J connectivity index is 1.46. The third-order valence-corrected chi connectivity index (χ3v) is 6.38. The van der Waals surface area contributed by atoms with Gasteiger partial charge in [-0.05, 0) is 49.3 Å². The molecule has 0 radical (unpaired) electrons. The van der Waals surface area contributed by atoms with Crippen molar-refractivity contribution < 1.29 is 9.59 Å². The van der Waals surface area contributed by atoms with Gasteiger partial charge in [0, 0.05) is 30.6 Å². The molecular formula is C20H22N2O2S. The molecular weight excluding hydrogens is 332 g/mol. The molecule has 1 aromatic carbocycles. The van der Waals surface area contributed by atoms with Crippen LogP contribution in [0, 0.1) is 12.3 Å². The van der Waals surface area contributed by atoms with E-state index in [1.807, 2.05) is 57.8 Å². The lowest BCUT2D eigenvalue weighted by molar-refractivity contribution is -0.127. The molecule has 2 aromatic rings. The summed E-state index contributed by atoms with van der Waals surface area (Å²) in [6.45, 7) is 4.09. The lowest BCUT2D eigenvalue weighted by Crippen LogP contribution is -2.46. The summed E-state index contributed by atoms with van der Waals surface area (Å²) in [6.07, 6.45) is 2.43. The number of amides is 2. The molecule has 2 fully saturated rings. The highest BCUT2D eigenvalue weighted by Crippen LogP contribution is 2.43. The Kier molecular flexibility index (Phi) is 4.12. The summed E-state index contributed by atoms with van der Waals surface area (Å²) in [4.78, 5) is 29.6. The SMILES string of the molecule is Cc1ccccc1C(=O)N1CCC2(CC1)CCN(c1ccsc1)C2=O. The normalized spacial score (nSPS) is 19.6. The molecule has 0 aliphatic carbocycles. The van der Waals surface area contributed by atoms with Gasteiger partial charge in [-0.2, -0.15) is 11.3 Å². The van der Waals surface area contributed by atoms with Gasteiger partial charge in [0.15, 0.2) is 0 Å². The van der Waals surface area contributed by atoms with Crippen LogP contribution >= 0.6 is 11.3 Å². The molecule has 0 N–H and O–H groups in total. The second-order valence-electron chi connectivity index (χ2n) is 7.08. The maximum Gasteiger partial charge on any atom is 0.254 e. The standard InChI is InChI=1S/C20H22N2O2S/c1-15-4-2-3-5-17(15)18(23)21-10-7-20(8-11-21)9-12-22(19(20)24)16-6-13-25-14-16/h2-6,13-14H,7-12H2,1H3. The lowest BCUT2D eigenvalue weighted by Gasteiger charge is -2.38. The van der Waals surface area contributed by atoms with Crippen molar-refractivity contribution in [3.63, 3.8) is 0 Å². The number of likely N-dealkylation sites (tertiary alicyclic amines) is 1. The minimum absolute atomic E-state index is 0.0908. The summed E-state index contributed by atoms with van der Waals surface area (Å²) in [7, 11) is 0. The zero-order valence-corrected chi connectivity index (χ0v) is 15.2. The Labute approximate surface area is 152 Å². The molecule has 2 saturated heterocycles. The van der Waals surface area contributed by atoms with E-state index in [0.29, 0.717) is 13.1 Å². The zero-order chi connectivity index (χ0) is 17.4. The third-order valence-electron chi connectivity index (χ3n) is 5.71. The average molecular weight is 354 g/mol. The minimum atomic E-state index is -0.273. The predicted octanol–water partition coefficient (Wildman–Crippen LogP) is 3.72. The number of anilines is 1. The molecule has 2 amide bonds. The summed E-state index contributed by atoms with van der Waals surface area (Å²) in [6, 6.07) is 9.73. The molecule has 0 bridgehead atoms. The molecule has 5 heteroatoms. The summed E-state index contributed by atoms with van der Waals surface area (Å²) in [5, 5.41) is 4.05. The third kappa shape index (κ3) is 2.76. The summed E-state index contributed by atoms with van der Waals surface area (Å²) in [5.74, 6) is 0.335. The fourth-order valence-electron chi connectivity index (χ4n) is 4.06. The van der Waals surface area contributed by atoms with Gasteiger partial charge >= 0.3 is 0 Å². The number of hydrogen-bond acceptors (Lipinski definition) is 3. The molecule has 4 rings (SSSR count). The number of carbonyl (C=O) groups is 2. The van der Waals surface area contributed by atoms with Crippen molar-refractivity contribution in [1.29, 1.82) is 0 Å². The Morgan fingerprint density at radius 1 is 1.08 bits per heavy atom. The number of benzene rings is 1. The van der Waals surface area contributed by atoms with Crippen LogP contribution in [-0.4, -0.2) is 36.3 Å². The van der Waals surface area contributed by atoms with Crippen LogP contribution in [0.15, 0.2) is 41.1 Å². The van der Waals surface area contributed by atoms with E-state index in [2.05, 4.69) is 0 Å².